The lowest BCUT2D eigenvalue weighted by Gasteiger charge is -2.50. The first-order chi connectivity index (χ1) is 16.3. The summed E-state index contributed by atoms with van der Waals surface area (Å²) < 4.78 is 0. The van der Waals surface area contributed by atoms with E-state index in [4.69, 9.17) is 5.73 Å². The van der Waals surface area contributed by atoms with Crippen LogP contribution in [0.25, 0.3) is 5.76 Å². The van der Waals surface area contributed by atoms with E-state index in [1.165, 1.54) is 11.0 Å². The minimum atomic E-state index is -2.63. The molecule has 1 fully saturated rings. The molecule has 1 aromatic carbocycles. The van der Waals surface area contributed by atoms with Crippen LogP contribution in [-0.4, -0.2) is 87.6 Å². The molecule has 6 N–H and O–H groups in total. The monoisotopic (exact) mass is 599 g/mol. The molecule has 0 aromatic heterocycles. The summed E-state index contributed by atoms with van der Waals surface area (Å²) in [5.74, 6) is -6.54. The average molecular weight is 599 g/mol. The van der Waals surface area contributed by atoms with Gasteiger partial charge in [-0.15, -0.1) is 0 Å². The topological polar surface area (TPSA) is 165 Å². The maximum Gasteiger partial charge on any atom is 0.255 e. The summed E-state index contributed by atoms with van der Waals surface area (Å²) in [4.78, 5) is 44.0. The van der Waals surface area contributed by atoms with E-state index in [9.17, 15) is 34.8 Å². The molecule has 0 heterocycles. The molecule has 0 radical (unpaired) electrons. The van der Waals surface area contributed by atoms with Gasteiger partial charge in [-0.3, -0.25) is 19.3 Å². The normalized spacial score (nSPS) is 27.6. The number of nitrogens with zero attached hydrogens (tertiary/aromatic N) is 2. The summed E-state index contributed by atoms with van der Waals surface area (Å²) >= 11 is 2.15. The number of rotatable bonds is 3. The standard InChI is InChI=1S/C23H27N3O7.CH3I/c1-25(2)12-5-6-13(27)15-10(12)7-9-8-11-17(26(3)4)19(29)16(22(24)32)21(31)23(11,33)20(30)14(9)18(15)28;1-2/h5-6,9,11,17,27-28,31,33H,7-8H2,1-4H3,(H2,24,32);1H3/t9-,11-,17-,23-;/m0./s1. The lowest BCUT2D eigenvalue weighted by Crippen LogP contribution is -2.65. The SMILES string of the molecule is CI.CN(C)c1ccc(O)c2c1C[C@H]1C[C@H]3[C@H](N(C)C)C(=O)C(C(N)=O)=C(O)[C@@]3(O)C(=O)C1=C2O. The molecule has 1 saturated carbocycles. The van der Waals surface area contributed by atoms with Gasteiger partial charge in [0.1, 0.15) is 22.8 Å². The van der Waals surface area contributed by atoms with Crippen LogP contribution in [-0.2, 0) is 20.8 Å². The van der Waals surface area contributed by atoms with Gasteiger partial charge in [0.05, 0.1) is 11.6 Å². The summed E-state index contributed by atoms with van der Waals surface area (Å²) in [6.45, 7) is 0. The van der Waals surface area contributed by atoms with Gasteiger partial charge in [-0.2, -0.15) is 0 Å². The molecule has 3 aliphatic rings. The third-order valence-corrected chi connectivity index (χ3v) is 7.06. The molecule has 0 bridgehead atoms. The van der Waals surface area contributed by atoms with Crippen LogP contribution in [0.3, 0.4) is 0 Å². The van der Waals surface area contributed by atoms with Crippen molar-refractivity contribution in [2.75, 3.05) is 38.0 Å². The van der Waals surface area contributed by atoms with Crippen LogP contribution in [0, 0.1) is 11.8 Å². The molecule has 10 nitrogen and oxygen atoms in total. The number of amides is 1. The molecule has 35 heavy (non-hydrogen) atoms. The minimum Gasteiger partial charge on any atom is -0.508 e. The number of aliphatic hydroxyl groups is 3. The zero-order valence-electron chi connectivity index (χ0n) is 20.2. The Hall–Kier alpha value is -2.64. The van der Waals surface area contributed by atoms with Gasteiger partial charge in [-0.05, 0) is 55.5 Å². The number of fused-ring (bicyclic) bond motifs is 3. The number of ketones is 2. The molecule has 1 amide bonds. The molecule has 0 spiro atoms. The summed E-state index contributed by atoms with van der Waals surface area (Å²) in [6, 6.07) is 2.01. The largest absolute Gasteiger partial charge is 0.508 e. The van der Waals surface area contributed by atoms with Gasteiger partial charge >= 0.3 is 0 Å². The average Bonchev–Trinajstić information content (AvgIpc) is 2.77. The molecule has 11 heteroatoms. The van der Waals surface area contributed by atoms with Crippen LogP contribution in [0.5, 0.6) is 5.75 Å². The first-order valence-corrected chi connectivity index (χ1v) is 13.0. The zero-order valence-corrected chi connectivity index (χ0v) is 22.3. The third kappa shape index (κ3) is 3.80. The van der Waals surface area contributed by atoms with Crippen molar-refractivity contribution in [2.45, 2.75) is 24.5 Å². The summed E-state index contributed by atoms with van der Waals surface area (Å²) in [5.41, 5.74) is 3.15. The highest BCUT2D eigenvalue weighted by molar-refractivity contribution is 14.1. The number of aliphatic hydroxyl groups excluding tert-OH is 2. The van der Waals surface area contributed by atoms with Gasteiger partial charge in [0.25, 0.3) is 5.91 Å². The Morgan fingerprint density at radius 1 is 1.11 bits per heavy atom. The lowest BCUT2D eigenvalue weighted by atomic mass is 9.57. The van der Waals surface area contributed by atoms with Crippen molar-refractivity contribution in [3.05, 3.63) is 40.2 Å². The molecule has 0 saturated heterocycles. The number of aromatic hydroxyl groups is 1. The maximum absolute atomic E-state index is 13.7. The minimum absolute atomic E-state index is 0.0638. The molecule has 0 unspecified atom stereocenters. The van der Waals surface area contributed by atoms with E-state index in [0.717, 1.165) is 5.69 Å². The molecular weight excluding hydrogens is 569 g/mol. The molecule has 0 aliphatic heterocycles. The van der Waals surface area contributed by atoms with Crippen molar-refractivity contribution in [1.82, 2.24) is 4.90 Å². The summed E-state index contributed by atoms with van der Waals surface area (Å²) in [6.07, 6.45) is 0.324. The van der Waals surface area contributed by atoms with Gasteiger partial charge < -0.3 is 31.1 Å². The van der Waals surface area contributed by atoms with Gasteiger partial charge in [0.2, 0.25) is 5.78 Å². The van der Waals surface area contributed by atoms with Crippen molar-refractivity contribution in [1.29, 1.82) is 0 Å². The first-order valence-electron chi connectivity index (χ1n) is 10.9. The Morgan fingerprint density at radius 2 is 1.71 bits per heavy atom. The Bertz CT molecular complexity index is 1170. The summed E-state index contributed by atoms with van der Waals surface area (Å²) in [7, 11) is 6.75. The van der Waals surface area contributed by atoms with E-state index < -0.39 is 58.0 Å². The van der Waals surface area contributed by atoms with Gasteiger partial charge in [0, 0.05) is 31.3 Å². The van der Waals surface area contributed by atoms with Crippen LogP contribution in [0.4, 0.5) is 5.69 Å². The molecule has 190 valence electrons. The van der Waals surface area contributed by atoms with Crippen molar-refractivity contribution in [3.8, 4) is 5.75 Å². The van der Waals surface area contributed by atoms with Gasteiger partial charge in [0.15, 0.2) is 11.4 Å². The zero-order chi connectivity index (χ0) is 26.6. The lowest BCUT2D eigenvalue weighted by molar-refractivity contribution is -0.153. The predicted octanol–water partition coefficient (Wildman–Crippen LogP) is 1.08. The summed E-state index contributed by atoms with van der Waals surface area (Å²) in [5, 5.41) is 43.9. The second-order valence-electron chi connectivity index (χ2n) is 9.31. The number of phenolic OH excluding ortho intramolecular Hbond substituents is 1. The first kappa shape index (κ1) is 27.0. The molecule has 1 aromatic rings. The van der Waals surface area contributed by atoms with Crippen LogP contribution in [0.1, 0.15) is 17.5 Å². The van der Waals surface area contributed by atoms with Crippen LogP contribution < -0.4 is 10.6 Å². The number of carbonyl (C=O) groups is 3. The highest BCUT2D eigenvalue weighted by Gasteiger charge is 2.64. The van der Waals surface area contributed by atoms with Crippen molar-refractivity contribution < 1.29 is 34.8 Å². The fourth-order valence-corrected chi connectivity index (χ4v) is 5.65. The second-order valence-corrected chi connectivity index (χ2v) is 9.31. The van der Waals surface area contributed by atoms with Gasteiger partial charge in [-0.1, -0.05) is 22.6 Å². The van der Waals surface area contributed by atoms with Crippen molar-refractivity contribution in [2.24, 2.45) is 17.6 Å². The number of anilines is 1. The van der Waals surface area contributed by atoms with Crippen molar-refractivity contribution >= 4 is 51.5 Å². The fraction of sp³-hybridized carbons (Fsp3) is 0.458. The van der Waals surface area contributed by atoms with E-state index >= 15 is 0 Å². The fourth-order valence-electron chi connectivity index (χ4n) is 5.65. The van der Waals surface area contributed by atoms with E-state index in [-0.39, 0.29) is 29.7 Å². The van der Waals surface area contributed by atoms with E-state index in [0.29, 0.717) is 5.56 Å². The molecule has 4 rings (SSSR count). The quantitative estimate of drug-likeness (QED) is 0.194. The number of halogens is 1. The van der Waals surface area contributed by atoms with E-state index in [1.54, 1.807) is 20.2 Å². The van der Waals surface area contributed by atoms with E-state index in [1.807, 2.05) is 23.9 Å². The Kier molecular flexibility index (Phi) is 7.26. The van der Waals surface area contributed by atoms with E-state index in [2.05, 4.69) is 22.6 Å². The number of Topliss-reactive ketones (excluding diaryl/α,β-unsaturated/α-hetero) is 2. The number of primary amides is 1. The number of carbonyl (C=O) groups excluding carboxylic acids is 3. The predicted molar refractivity (Wildman–Crippen MR) is 139 cm³/mol. The number of alkyl halides is 1. The Labute approximate surface area is 216 Å². The number of hydrogen-bond donors (Lipinski definition) is 5. The Balaban J connectivity index is 0.00000167. The molecular formula is C24H30IN3O7. The number of nitrogens with two attached hydrogens (primary N) is 1. The van der Waals surface area contributed by atoms with Gasteiger partial charge in [-0.25, -0.2) is 0 Å². The number of phenols is 1. The molecule has 4 atom stereocenters. The number of benzene rings is 1. The maximum atomic E-state index is 13.7. The molecule has 3 aliphatic carbocycles. The second kappa shape index (κ2) is 9.43. The van der Waals surface area contributed by atoms with Crippen LogP contribution in [0.2, 0.25) is 0 Å². The third-order valence-electron chi connectivity index (χ3n) is 7.06. The smallest absolute Gasteiger partial charge is 0.255 e. The Morgan fingerprint density at radius 3 is 2.23 bits per heavy atom. The van der Waals surface area contributed by atoms with Crippen molar-refractivity contribution in [3.63, 3.8) is 0 Å². The highest BCUT2D eigenvalue weighted by atomic mass is 127. The highest BCUT2D eigenvalue weighted by Crippen LogP contribution is 2.53. The van der Waals surface area contributed by atoms with Crippen LogP contribution >= 0.6 is 22.6 Å². The number of hydrogen-bond acceptors (Lipinski definition) is 9. The van der Waals surface area contributed by atoms with Crippen LogP contribution in [0.15, 0.2) is 29.0 Å². The number of likely N-dealkylation sites (N-methyl/N-ethyl adjacent to an activating group) is 1.